The number of hydrogen-bond acceptors (Lipinski definition) is 3. The van der Waals surface area contributed by atoms with Crippen LogP contribution in [0.15, 0.2) is 52.8 Å². The maximum Gasteiger partial charge on any atom is 0.262 e. The van der Waals surface area contributed by atoms with Gasteiger partial charge in [-0.05, 0) is 75.3 Å². The number of carbonyl (C=O) groups excluding carboxylic acids is 1. The number of benzene rings is 1. The molecule has 0 spiro atoms. The minimum Gasteiger partial charge on any atom is -0.322 e. The van der Waals surface area contributed by atoms with E-state index >= 15 is 0 Å². The van der Waals surface area contributed by atoms with Crippen LogP contribution in [0.2, 0.25) is 0 Å². The molecule has 4 rings (SSSR count). The van der Waals surface area contributed by atoms with Gasteiger partial charge in [-0.3, -0.25) is 4.79 Å². The summed E-state index contributed by atoms with van der Waals surface area (Å²) in [7, 11) is 0. The molecule has 2 aromatic rings. The number of hydrogen-bond donors (Lipinski definition) is 1. The molecule has 4 nitrogen and oxygen atoms in total. The van der Waals surface area contributed by atoms with Gasteiger partial charge in [-0.1, -0.05) is 23.9 Å². The fourth-order valence-electron chi connectivity index (χ4n) is 3.23. The lowest BCUT2D eigenvalue weighted by atomic mass is 10.2. The third-order valence-electron chi connectivity index (χ3n) is 4.98. The van der Waals surface area contributed by atoms with E-state index < -0.39 is 0 Å². The Morgan fingerprint density at radius 1 is 1.19 bits per heavy atom. The first-order valence-corrected chi connectivity index (χ1v) is 10.4. The van der Waals surface area contributed by atoms with Gasteiger partial charge in [-0.2, -0.15) is 5.10 Å². The smallest absolute Gasteiger partial charge is 0.262 e. The van der Waals surface area contributed by atoms with E-state index in [1.807, 2.05) is 38.1 Å². The Balaban J connectivity index is 1.53. The summed E-state index contributed by atoms with van der Waals surface area (Å²) in [6.45, 7) is 7.57. The second-order valence-electron chi connectivity index (χ2n) is 7.57. The third kappa shape index (κ3) is 4.03. The van der Waals surface area contributed by atoms with E-state index in [0.29, 0.717) is 16.7 Å². The standard InChI is InChI=1S/C22H25N3OS/c1-4-27-21(14(2)3)22(26)23-17-9-11-18(12-10-17)25-20(16-7-8-16)13-19(24-25)15-5-6-15/h4,9-13,15-16H,1,5-8H2,2-3H3,(H,23,26). The highest BCUT2D eigenvalue weighted by Crippen LogP contribution is 2.45. The molecular formula is C22H25N3OS. The molecule has 1 amide bonds. The summed E-state index contributed by atoms with van der Waals surface area (Å²) < 4.78 is 2.10. The monoisotopic (exact) mass is 379 g/mol. The topological polar surface area (TPSA) is 46.9 Å². The first-order valence-electron chi connectivity index (χ1n) is 9.53. The van der Waals surface area contributed by atoms with Crippen molar-refractivity contribution in [2.45, 2.75) is 51.4 Å². The molecule has 140 valence electrons. The fourth-order valence-corrected chi connectivity index (χ4v) is 3.79. The number of nitrogens with one attached hydrogen (secondary N) is 1. The number of carbonyl (C=O) groups is 1. The predicted octanol–water partition coefficient (Wildman–Crippen LogP) is 5.74. The Hall–Kier alpha value is -2.27. The molecule has 1 heterocycles. The summed E-state index contributed by atoms with van der Waals surface area (Å²) in [5.74, 6) is 1.22. The van der Waals surface area contributed by atoms with Crippen LogP contribution in [-0.4, -0.2) is 15.7 Å². The lowest BCUT2D eigenvalue weighted by Crippen LogP contribution is -2.13. The zero-order valence-corrected chi connectivity index (χ0v) is 16.7. The highest BCUT2D eigenvalue weighted by atomic mass is 32.2. The van der Waals surface area contributed by atoms with Gasteiger partial charge in [0.05, 0.1) is 16.3 Å². The molecule has 1 aromatic carbocycles. The lowest BCUT2D eigenvalue weighted by Gasteiger charge is -2.11. The van der Waals surface area contributed by atoms with E-state index in [0.717, 1.165) is 16.9 Å². The Morgan fingerprint density at radius 2 is 1.85 bits per heavy atom. The Bertz CT molecular complexity index is 898. The van der Waals surface area contributed by atoms with Crippen molar-refractivity contribution < 1.29 is 4.79 Å². The second-order valence-corrected chi connectivity index (χ2v) is 8.55. The van der Waals surface area contributed by atoms with Gasteiger partial charge in [0.15, 0.2) is 0 Å². The average Bonchev–Trinajstić information content (AvgIpc) is 3.58. The summed E-state index contributed by atoms with van der Waals surface area (Å²) in [5.41, 5.74) is 5.40. The Morgan fingerprint density at radius 3 is 2.41 bits per heavy atom. The molecule has 2 aliphatic rings. The first kappa shape index (κ1) is 18.1. The summed E-state index contributed by atoms with van der Waals surface area (Å²) in [6, 6.07) is 10.3. The van der Waals surface area contributed by atoms with E-state index in [1.165, 1.54) is 48.8 Å². The largest absolute Gasteiger partial charge is 0.322 e. The Kier molecular flexibility index (Phi) is 4.96. The lowest BCUT2D eigenvalue weighted by molar-refractivity contribution is -0.112. The van der Waals surface area contributed by atoms with Gasteiger partial charge >= 0.3 is 0 Å². The molecule has 0 bridgehead atoms. The van der Waals surface area contributed by atoms with Gasteiger partial charge in [0.25, 0.3) is 5.91 Å². The van der Waals surface area contributed by atoms with Gasteiger partial charge < -0.3 is 5.32 Å². The van der Waals surface area contributed by atoms with Gasteiger partial charge in [0, 0.05) is 23.2 Å². The van der Waals surface area contributed by atoms with Crippen LogP contribution >= 0.6 is 11.8 Å². The number of allylic oxidation sites excluding steroid dienone is 1. The highest BCUT2D eigenvalue weighted by molar-refractivity contribution is 8.06. The maximum absolute atomic E-state index is 12.5. The highest BCUT2D eigenvalue weighted by Gasteiger charge is 2.32. The normalized spacial score (nSPS) is 16.1. The second kappa shape index (κ2) is 7.39. The fraction of sp³-hybridized carbons (Fsp3) is 0.364. The van der Waals surface area contributed by atoms with Gasteiger partial charge in [-0.15, -0.1) is 0 Å². The molecule has 2 aliphatic carbocycles. The molecule has 27 heavy (non-hydrogen) atoms. The molecular weight excluding hydrogens is 354 g/mol. The number of anilines is 1. The summed E-state index contributed by atoms with van der Waals surface area (Å²) >= 11 is 1.35. The minimum atomic E-state index is -0.0959. The molecule has 0 aliphatic heterocycles. The molecule has 2 fully saturated rings. The predicted molar refractivity (Wildman–Crippen MR) is 112 cm³/mol. The number of rotatable bonds is 7. The third-order valence-corrected chi connectivity index (χ3v) is 5.97. The van der Waals surface area contributed by atoms with E-state index in [2.05, 4.69) is 22.6 Å². The van der Waals surface area contributed by atoms with Crippen molar-refractivity contribution >= 4 is 23.4 Å². The van der Waals surface area contributed by atoms with Crippen molar-refractivity contribution in [3.8, 4) is 5.69 Å². The number of aromatic nitrogens is 2. The quantitative estimate of drug-likeness (QED) is 0.624. The average molecular weight is 380 g/mol. The zero-order valence-electron chi connectivity index (χ0n) is 15.9. The summed E-state index contributed by atoms with van der Waals surface area (Å²) in [4.78, 5) is 13.2. The SMILES string of the molecule is C=CSC(C(=O)Nc1ccc(-n2nc(C3CC3)cc2C2CC2)cc1)=C(C)C. The van der Waals surface area contributed by atoms with E-state index in [1.54, 1.807) is 5.41 Å². The molecule has 0 radical (unpaired) electrons. The molecule has 1 aromatic heterocycles. The minimum absolute atomic E-state index is 0.0959. The molecule has 0 saturated heterocycles. The first-order chi connectivity index (χ1) is 13.1. The van der Waals surface area contributed by atoms with Crippen LogP contribution in [0.3, 0.4) is 0 Å². The molecule has 0 unspecified atom stereocenters. The van der Waals surface area contributed by atoms with Crippen molar-refractivity contribution in [1.82, 2.24) is 9.78 Å². The van der Waals surface area contributed by atoms with Crippen LogP contribution in [0.25, 0.3) is 5.69 Å². The van der Waals surface area contributed by atoms with Gasteiger partial charge in [0.1, 0.15) is 0 Å². The Labute approximate surface area is 164 Å². The number of amides is 1. The zero-order chi connectivity index (χ0) is 19.0. The van der Waals surface area contributed by atoms with Gasteiger partial charge in [-0.25, -0.2) is 4.68 Å². The van der Waals surface area contributed by atoms with E-state index in [4.69, 9.17) is 5.10 Å². The molecule has 1 N–H and O–H groups in total. The van der Waals surface area contributed by atoms with Crippen LogP contribution < -0.4 is 5.32 Å². The van der Waals surface area contributed by atoms with E-state index in [-0.39, 0.29) is 5.91 Å². The van der Waals surface area contributed by atoms with Crippen molar-refractivity contribution in [3.63, 3.8) is 0 Å². The van der Waals surface area contributed by atoms with Crippen LogP contribution in [-0.2, 0) is 4.79 Å². The van der Waals surface area contributed by atoms with Crippen molar-refractivity contribution in [3.05, 3.63) is 64.2 Å². The van der Waals surface area contributed by atoms with E-state index in [9.17, 15) is 4.79 Å². The summed E-state index contributed by atoms with van der Waals surface area (Å²) in [6.07, 6.45) is 5.05. The molecule has 2 saturated carbocycles. The van der Waals surface area contributed by atoms with Crippen molar-refractivity contribution in [2.75, 3.05) is 5.32 Å². The number of thioether (sulfide) groups is 1. The molecule has 5 heteroatoms. The number of nitrogens with zero attached hydrogens (tertiary/aromatic N) is 2. The molecule has 0 atom stereocenters. The van der Waals surface area contributed by atoms with Crippen LogP contribution in [0.4, 0.5) is 5.69 Å². The van der Waals surface area contributed by atoms with Crippen LogP contribution in [0.5, 0.6) is 0 Å². The van der Waals surface area contributed by atoms with Crippen LogP contribution in [0.1, 0.15) is 62.8 Å². The van der Waals surface area contributed by atoms with Gasteiger partial charge in [0.2, 0.25) is 0 Å². The van der Waals surface area contributed by atoms with Crippen molar-refractivity contribution in [1.29, 1.82) is 0 Å². The van der Waals surface area contributed by atoms with Crippen molar-refractivity contribution in [2.24, 2.45) is 0 Å². The van der Waals surface area contributed by atoms with Crippen LogP contribution in [0, 0.1) is 0 Å². The summed E-state index contributed by atoms with van der Waals surface area (Å²) in [5, 5.41) is 9.53. The maximum atomic E-state index is 12.5.